The fourth-order valence-corrected chi connectivity index (χ4v) is 4.42. The second-order valence-corrected chi connectivity index (χ2v) is 8.86. The number of aryl methyl sites for hydroxylation is 1. The molecule has 0 radical (unpaired) electrons. The highest BCUT2D eigenvalue weighted by Gasteiger charge is 2.27. The average molecular weight is 427 g/mol. The third-order valence-corrected chi connectivity index (χ3v) is 6.48. The summed E-state index contributed by atoms with van der Waals surface area (Å²) in [6.07, 6.45) is 0. The van der Waals surface area contributed by atoms with Crippen LogP contribution in [-0.4, -0.2) is 20.9 Å². The molecule has 30 heavy (non-hydrogen) atoms. The number of carbonyl (C=O) groups excluding carboxylic acids is 1. The summed E-state index contributed by atoms with van der Waals surface area (Å²) < 4.78 is 40.8. The molecule has 3 rings (SSSR count). The lowest BCUT2D eigenvalue weighted by atomic mass is 10.1. The quantitative estimate of drug-likeness (QED) is 0.616. The SMILES string of the molecule is Cc1ccc(S(=O)(=O)N(CC(=O)NC(C)c2ccc(F)cc2)c2ccccc2)cc1. The largest absolute Gasteiger partial charge is 0.348 e. The number of rotatable bonds is 7. The Morgan fingerprint density at radius 1 is 0.967 bits per heavy atom. The zero-order valence-electron chi connectivity index (χ0n) is 16.7. The number of nitrogens with zero attached hydrogens (tertiary/aromatic N) is 1. The highest BCUT2D eigenvalue weighted by atomic mass is 32.2. The highest BCUT2D eigenvalue weighted by molar-refractivity contribution is 7.92. The van der Waals surface area contributed by atoms with Crippen molar-refractivity contribution in [3.05, 3.63) is 95.8 Å². The van der Waals surface area contributed by atoms with E-state index in [4.69, 9.17) is 0 Å². The summed E-state index contributed by atoms with van der Waals surface area (Å²) in [4.78, 5) is 12.8. The Hall–Kier alpha value is -3.19. The molecule has 156 valence electrons. The van der Waals surface area contributed by atoms with E-state index in [-0.39, 0.29) is 17.3 Å². The zero-order chi connectivity index (χ0) is 21.7. The van der Waals surface area contributed by atoms with Gasteiger partial charge in [0.15, 0.2) is 0 Å². The van der Waals surface area contributed by atoms with Gasteiger partial charge in [0.2, 0.25) is 5.91 Å². The van der Waals surface area contributed by atoms with Gasteiger partial charge in [0.1, 0.15) is 12.4 Å². The lowest BCUT2D eigenvalue weighted by Crippen LogP contribution is -2.41. The average Bonchev–Trinajstić information content (AvgIpc) is 2.73. The van der Waals surface area contributed by atoms with E-state index < -0.39 is 22.0 Å². The smallest absolute Gasteiger partial charge is 0.264 e. The summed E-state index contributed by atoms with van der Waals surface area (Å²) in [5.41, 5.74) is 2.05. The van der Waals surface area contributed by atoms with Crippen LogP contribution in [0.25, 0.3) is 0 Å². The van der Waals surface area contributed by atoms with Crippen molar-refractivity contribution < 1.29 is 17.6 Å². The summed E-state index contributed by atoms with van der Waals surface area (Å²) in [7, 11) is -3.95. The molecular formula is C23H23FN2O3S. The first-order chi connectivity index (χ1) is 14.3. The molecule has 0 spiro atoms. The van der Waals surface area contributed by atoms with Crippen molar-refractivity contribution in [1.82, 2.24) is 5.32 Å². The van der Waals surface area contributed by atoms with Gasteiger partial charge in [-0.05, 0) is 55.8 Å². The van der Waals surface area contributed by atoms with Crippen molar-refractivity contribution in [2.75, 3.05) is 10.8 Å². The van der Waals surface area contributed by atoms with Gasteiger partial charge in [-0.3, -0.25) is 9.10 Å². The molecule has 0 bridgehead atoms. The van der Waals surface area contributed by atoms with Crippen molar-refractivity contribution in [3.8, 4) is 0 Å². The van der Waals surface area contributed by atoms with E-state index >= 15 is 0 Å². The molecule has 0 aliphatic heterocycles. The molecule has 0 heterocycles. The van der Waals surface area contributed by atoms with Crippen molar-refractivity contribution in [2.24, 2.45) is 0 Å². The molecule has 0 aromatic heterocycles. The van der Waals surface area contributed by atoms with E-state index in [9.17, 15) is 17.6 Å². The number of amides is 1. The molecule has 1 unspecified atom stereocenters. The monoisotopic (exact) mass is 426 g/mol. The summed E-state index contributed by atoms with van der Waals surface area (Å²) in [5, 5.41) is 2.78. The van der Waals surface area contributed by atoms with E-state index in [1.165, 1.54) is 24.3 Å². The number of benzene rings is 3. The first-order valence-electron chi connectivity index (χ1n) is 9.46. The highest BCUT2D eigenvalue weighted by Crippen LogP contribution is 2.24. The normalized spacial score (nSPS) is 12.2. The third-order valence-electron chi connectivity index (χ3n) is 4.69. The van der Waals surface area contributed by atoms with Crippen LogP contribution in [0.5, 0.6) is 0 Å². The molecule has 1 amide bonds. The number of hydrogen-bond acceptors (Lipinski definition) is 3. The Balaban J connectivity index is 1.85. The number of nitrogens with one attached hydrogen (secondary N) is 1. The Bertz CT molecular complexity index is 1100. The maximum atomic E-state index is 13.3. The molecule has 3 aromatic rings. The maximum absolute atomic E-state index is 13.3. The van der Waals surface area contributed by atoms with E-state index in [0.29, 0.717) is 5.69 Å². The number of carbonyl (C=O) groups is 1. The number of sulfonamides is 1. The van der Waals surface area contributed by atoms with Gasteiger partial charge >= 0.3 is 0 Å². The van der Waals surface area contributed by atoms with Crippen LogP contribution in [0, 0.1) is 12.7 Å². The fourth-order valence-electron chi connectivity index (χ4n) is 3.00. The van der Waals surface area contributed by atoms with Crippen molar-refractivity contribution in [1.29, 1.82) is 0 Å². The molecule has 1 N–H and O–H groups in total. The number of halogens is 1. The van der Waals surface area contributed by atoms with Crippen LogP contribution < -0.4 is 9.62 Å². The summed E-state index contributed by atoms with van der Waals surface area (Å²) in [6, 6.07) is 20.4. The van der Waals surface area contributed by atoms with Crippen LogP contribution in [0.1, 0.15) is 24.1 Å². The minimum absolute atomic E-state index is 0.108. The predicted octanol–water partition coefficient (Wildman–Crippen LogP) is 4.21. The van der Waals surface area contributed by atoms with Gasteiger partial charge in [-0.1, -0.05) is 48.0 Å². The van der Waals surface area contributed by atoms with Gasteiger partial charge < -0.3 is 5.32 Å². The maximum Gasteiger partial charge on any atom is 0.264 e. The zero-order valence-corrected chi connectivity index (χ0v) is 17.6. The van der Waals surface area contributed by atoms with E-state index in [0.717, 1.165) is 15.4 Å². The molecule has 0 saturated carbocycles. The topological polar surface area (TPSA) is 66.5 Å². The lowest BCUT2D eigenvalue weighted by Gasteiger charge is -2.25. The molecule has 0 aliphatic carbocycles. The molecule has 3 aromatic carbocycles. The van der Waals surface area contributed by atoms with Crippen LogP contribution >= 0.6 is 0 Å². The Morgan fingerprint density at radius 2 is 1.57 bits per heavy atom. The van der Waals surface area contributed by atoms with Gasteiger partial charge in [0, 0.05) is 0 Å². The van der Waals surface area contributed by atoms with Crippen LogP contribution in [0.3, 0.4) is 0 Å². The van der Waals surface area contributed by atoms with Crippen LogP contribution in [0.4, 0.5) is 10.1 Å². The first-order valence-corrected chi connectivity index (χ1v) is 10.9. The molecule has 7 heteroatoms. The summed E-state index contributed by atoms with van der Waals surface area (Å²) in [6.45, 7) is 3.24. The fraction of sp³-hybridized carbons (Fsp3) is 0.174. The second-order valence-electron chi connectivity index (χ2n) is 7.00. The molecule has 0 aliphatic rings. The number of hydrogen-bond donors (Lipinski definition) is 1. The Morgan fingerprint density at radius 3 is 2.17 bits per heavy atom. The van der Waals surface area contributed by atoms with Gasteiger partial charge in [0.25, 0.3) is 10.0 Å². The molecular weight excluding hydrogens is 403 g/mol. The van der Waals surface area contributed by atoms with Gasteiger partial charge in [0.05, 0.1) is 16.6 Å². The lowest BCUT2D eigenvalue weighted by molar-refractivity contribution is -0.120. The van der Waals surface area contributed by atoms with Gasteiger partial charge in [-0.25, -0.2) is 12.8 Å². The standard InChI is InChI=1S/C23H23FN2O3S/c1-17-8-14-22(15-9-17)30(28,29)26(21-6-4-3-5-7-21)16-23(27)25-18(2)19-10-12-20(24)13-11-19/h3-15,18H,16H2,1-2H3,(H,25,27). The van der Waals surface area contributed by atoms with Crippen molar-refractivity contribution in [3.63, 3.8) is 0 Å². The Kier molecular flexibility index (Phi) is 6.52. The first kappa shape index (κ1) is 21.5. The summed E-state index contributed by atoms with van der Waals surface area (Å²) >= 11 is 0. The van der Waals surface area contributed by atoms with Gasteiger partial charge in [-0.2, -0.15) is 0 Å². The molecule has 0 fully saturated rings. The molecule has 5 nitrogen and oxygen atoms in total. The van der Waals surface area contributed by atoms with E-state index in [2.05, 4.69) is 5.32 Å². The molecule has 1 atom stereocenters. The summed E-state index contributed by atoms with van der Waals surface area (Å²) in [5.74, 6) is -0.830. The Labute approximate surface area is 176 Å². The van der Waals surface area contributed by atoms with Crippen LogP contribution in [0.15, 0.2) is 83.8 Å². The predicted molar refractivity (Wildman–Crippen MR) is 115 cm³/mol. The van der Waals surface area contributed by atoms with Crippen LogP contribution in [0.2, 0.25) is 0 Å². The third kappa shape index (κ3) is 5.04. The van der Waals surface area contributed by atoms with E-state index in [1.807, 2.05) is 6.92 Å². The number of anilines is 1. The van der Waals surface area contributed by atoms with Crippen molar-refractivity contribution in [2.45, 2.75) is 24.8 Å². The van der Waals surface area contributed by atoms with Gasteiger partial charge in [-0.15, -0.1) is 0 Å². The molecule has 0 saturated heterocycles. The van der Waals surface area contributed by atoms with Crippen molar-refractivity contribution >= 4 is 21.6 Å². The second kappa shape index (κ2) is 9.09. The number of para-hydroxylation sites is 1. The van der Waals surface area contributed by atoms with E-state index in [1.54, 1.807) is 61.5 Å². The van der Waals surface area contributed by atoms with Crippen LogP contribution in [-0.2, 0) is 14.8 Å². The minimum atomic E-state index is -3.95. The minimum Gasteiger partial charge on any atom is -0.348 e.